The first-order valence-corrected chi connectivity index (χ1v) is 11.4. The number of carbonyl (C=O) groups is 1. The maximum Gasteiger partial charge on any atom is 0.239 e. The topological polar surface area (TPSA) is 81.4 Å². The van der Waals surface area contributed by atoms with Crippen LogP contribution < -0.4 is 5.32 Å². The summed E-state index contributed by atoms with van der Waals surface area (Å²) in [6.07, 6.45) is 6.10. The van der Waals surface area contributed by atoms with Crippen LogP contribution in [0.15, 0.2) is 29.4 Å². The van der Waals surface area contributed by atoms with Crippen molar-refractivity contribution in [1.82, 2.24) is 34.6 Å². The Kier molecular flexibility index (Phi) is 7.01. The number of nitrogens with zero attached hydrogens (tertiary/aromatic N) is 7. The van der Waals surface area contributed by atoms with Gasteiger partial charge in [0.1, 0.15) is 5.82 Å². The summed E-state index contributed by atoms with van der Waals surface area (Å²) >= 11 is 0. The lowest BCUT2D eigenvalue weighted by atomic mass is 10.2. The molecule has 0 aromatic carbocycles. The molecule has 2 aromatic rings. The van der Waals surface area contributed by atoms with Crippen molar-refractivity contribution in [2.24, 2.45) is 4.99 Å². The van der Waals surface area contributed by atoms with Gasteiger partial charge in [-0.25, -0.2) is 0 Å². The van der Waals surface area contributed by atoms with Crippen LogP contribution in [-0.2, 0) is 11.2 Å². The highest BCUT2D eigenvalue weighted by molar-refractivity contribution is 5.82. The third kappa shape index (κ3) is 4.98. The molecule has 2 saturated heterocycles. The van der Waals surface area contributed by atoms with Gasteiger partial charge in [-0.15, -0.1) is 10.2 Å². The molecule has 168 valence electrons. The van der Waals surface area contributed by atoms with Crippen LogP contribution in [0.1, 0.15) is 32.0 Å². The Morgan fingerprint density at radius 3 is 2.61 bits per heavy atom. The molecule has 2 fully saturated rings. The zero-order chi connectivity index (χ0) is 21.6. The number of pyridine rings is 1. The van der Waals surface area contributed by atoms with Crippen molar-refractivity contribution in [2.75, 3.05) is 52.9 Å². The van der Waals surface area contributed by atoms with Crippen LogP contribution in [0, 0.1) is 0 Å². The predicted octanol–water partition coefficient (Wildman–Crippen LogP) is 0.866. The molecule has 2 aliphatic rings. The molecule has 4 heterocycles. The van der Waals surface area contributed by atoms with E-state index in [-0.39, 0.29) is 11.9 Å². The number of carbonyl (C=O) groups excluding carboxylic acids is 1. The van der Waals surface area contributed by atoms with Crippen LogP contribution in [0.5, 0.6) is 0 Å². The van der Waals surface area contributed by atoms with E-state index in [2.05, 4.69) is 37.2 Å². The molecule has 1 atom stereocenters. The average Bonchev–Trinajstić information content (AvgIpc) is 3.49. The Morgan fingerprint density at radius 1 is 1.10 bits per heavy atom. The highest BCUT2D eigenvalue weighted by atomic mass is 16.2. The standard InChI is InChI=1S/C22H34N8O/c1-18(21(31)28-11-5-6-12-28)27-14-16-29(17-15-27)22(23-2)24-10-7-9-20-26-25-19-8-3-4-13-30(19)20/h3-4,8,13,18H,5-7,9-12,14-17H2,1-2H3,(H,23,24). The maximum absolute atomic E-state index is 12.7. The number of likely N-dealkylation sites (tertiary alicyclic amines) is 1. The monoisotopic (exact) mass is 426 g/mol. The van der Waals surface area contributed by atoms with E-state index in [4.69, 9.17) is 0 Å². The predicted molar refractivity (Wildman–Crippen MR) is 121 cm³/mol. The first kappa shape index (κ1) is 21.5. The zero-order valence-corrected chi connectivity index (χ0v) is 18.7. The van der Waals surface area contributed by atoms with Crippen LogP contribution >= 0.6 is 0 Å². The van der Waals surface area contributed by atoms with Crippen molar-refractivity contribution in [1.29, 1.82) is 0 Å². The van der Waals surface area contributed by atoms with Crippen molar-refractivity contribution in [2.45, 2.75) is 38.6 Å². The molecule has 1 N–H and O–H groups in total. The van der Waals surface area contributed by atoms with Gasteiger partial charge in [0.2, 0.25) is 5.91 Å². The van der Waals surface area contributed by atoms with Crippen molar-refractivity contribution in [3.63, 3.8) is 0 Å². The number of hydrogen-bond donors (Lipinski definition) is 1. The number of aliphatic imine (C=N–C) groups is 1. The van der Waals surface area contributed by atoms with E-state index < -0.39 is 0 Å². The van der Waals surface area contributed by atoms with Crippen LogP contribution in [-0.4, -0.2) is 100 Å². The molecule has 2 aliphatic heterocycles. The summed E-state index contributed by atoms with van der Waals surface area (Å²) in [5, 5.41) is 12.0. The third-order valence-corrected chi connectivity index (χ3v) is 6.39. The summed E-state index contributed by atoms with van der Waals surface area (Å²) in [4.78, 5) is 23.8. The molecule has 1 amide bonds. The number of aryl methyl sites for hydroxylation is 1. The van der Waals surface area contributed by atoms with E-state index in [1.54, 1.807) is 0 Å². The molecule has 0 aliphatic carbocycles. The number of nitrogens with one attached hydrogen (secondary N) is 1. The number of amides is 1. The lowest BCUT2D eigenvalue weighted by Crippen LogP contribution is -2.57. The number of rotatable bonds is 6. The highest BCUT2D eigenvalue weighted by Crippen LogP contribution is 2.14. The number of piperazine rings is 1. The fourth-order valence-corrected chi connectivity index (χ4v) is 4.52. The second-order valence-electron chi connectivity index (χ2n) is 8.35. The number of hydrogen-bond acceptors (Lipinski definition) is 5. The average molecular weight is 427 g/mol. The first-order valence-electron chi connectivity index (χ1n) is 11.4. The van der Waals surface area contributed by atoms with Crippen LogP contribution in [0.2, 0.25) is 0 Å². The van der Waals surface area contributed by atoms with Gasteiger partial charge >= 0.3 is 0 Å². The Bertz CT molecular complexity index is 896. The molecular formula is C22H34N8O. The van der Waals surface area contributed by atoms with Gasteiger partial charge in [-0.3, -0.25) is 19.1 Å². The molecule has 2 aromatic heterocycles. The van der Waals surface area contributed by atoms with E-state index in [0.29, 0.717) is 0 Å². The SMILES string of the molecule is CN=C(NCCCc1nnc2ccccn12)N1CCN(C(C)C(=O)N2CCCC2)CC1. The normalized spacial score (nSPS) is 19.2. The molecule has 9 nitrogen and oxygen atoms in total. The molecule has 0 radical (unpaired) electrons. The summed E-state index contributed by atoms with van der Waals surface area (Å²) < 4.78 is 2.04. The minimum atomic E-state index is -0.0341. The smallest absolute Gasteiger partial charge is 0.239 e. The van der Waals surface area contributed by atoms with Crippen LogP contribution in [0.3, 0.4) is 0 Å². The Balaban J connectivity index is 1.21. The van der Waals surface area contributed by atoms with Gasteiger partial charge in [0.15, 0.2) is 11.6 Å². The second kappa shape index (κ2) is 10.1. The summed E-state index contributed by atoms with van der Waals surface area (Å²) in [7, 11) is 1.83. The fourth-order valence-electron chi connectivity index (χ4n) is 4.52. The van der Waals surface area contributed by atoms with Gasteiger partial charge in [-0.05, 0) is 38.3 Å². The van der Waals surface area contributed by atoms with Crippen LogP contribution in [0.4, 0.5) is 0 Å². The molecule has 4 rings (SSSR count). The lowest BCUT2D eigenvalue weighted by Gasteiger charge is -2.39. The zero-order valence-electron chi connectivity index (χ0n) is 18.7. The van der Waals surface area contributed by atoms with Crippen molar-refractivity contribution in [3.8, 4) is 0 Å². The van der Waals surface area contributed by atoms with Gasteiger partial charge in [0, 0.05) is 65.5 Å². The van der Waals surface area contributed by atoms with Gasteiger partial charge in [-0.1, -0.05) is 6.07 Å². The summed E-state index contributed by atoms with van der Waals surface area (Å²) in [5.41, 5.74) is 0.886. The minimum Gasteiger partial charge on any atom is -0.356 e. The Labute approximate surface area is 184 Å². The fraction of sp³-hybridized carbons (Fsp3) is 0.636. The van der Waals surface area contributed by atoms with Gasteiger partial charge in [0.25, 0.3) is 0 Å². The number of fused-ring (bicyclic) bond motifs is 1. The van der Waals surface area contributed by atoms with Gasteiger partial charge in [-0.2, -0.15) is 0 Å². The number of guanidine groups is 1. The molecular weight excluding hydrogens is 392 g/mol. The second-order valence-corrected chi connectivity index (χ2v) is 8.35. The summed E-state index contributed by atoms with van der Waals surface area (Å²) in [5.74, 6) is 2.20. The third-order valence-electron chi connectivity index (χ3n) is 6.39. The van der Waals surface area contributed by atoms with Gasteiger partial charge < -0.3 is 15.1 Å². The lowest BCUT2D eigenvalue weighted by molar-refractivity contribution is -0.135. The van der Waals surface area contributed by atoms with Crippen molar-refractivity contribution in [3.05, 3.63) is 30.2 Å². The Morgan fingerprint density at radius 2 is 1.87 bits per heavy atom. The van der Waals surface area contributed by atoms with Crippen molar-refractivity contribution < 1.29 is 4.79 Å². The molecule has 31 heavy (non-hydrogen) atoms. The largest absolute Gasteiger partial charge is 0.356 e. The molecule has 0 bridgehead atoms. The van der Waals surface area contributed by atoms with Gasteiger partial charge in [0.05, 0.1) is 6.04 Å². The Hall–Kier alpha value is -2.68. The van der Waals surface area contributed by atoms with Crippen LogP contribution in [0.25, 0.3) is 5.65 Å². The van der Waals surface area contributed by atoms with E-state index in [1.807, 2.05) is 40.7 Å². The molecule has 9 heteroatoms. The number of aromatic nitrogens is 3. The first-order chi connectivity index (χ1) is 15.2. The van der Waals surface area contributed by atoms with E-state index in [0.717, 1.165) is 88.9 Å². The van der Waals surface area contributed by atoms with E-state index in [9.17, 15) is 4.79 Å². The van der Waals surface area contributed by atoms with E-state index >= 15 is 0 Å². The highest BCUT2D eigenvalue weighted by Gasteiger charge is 2.30. The molecule has 0 saturated carbocycles. The minimum absolute atomic E-state index is 0.0341. The quantitative estimate of drug-likeness (QED) is 0.419. The molecule has 1 unspecified atom stereocenters. The molecule has 0 spiro atoms. The van der Waals surface area contributed by atoms with E-state index in [1.165, 1.54) is 0 Å². The van der Waals surface area contributed by atoms with Crippen molar-refractivity contribution >= 4 is 17.5 Å². The summed E-state index contributed by atoms with van der Waals surface area (Å²) in [6.45, 7) is 8.25. The summed E-state index contributed by atoms with van der Waals surface area (Å²) in [6, 6.07) is 5.91. The maximum atomic E-state index is 12.7.